The Bertz CT molecular complexity index is 4450. The molecule has 1 aliphatic heterocycles. The van der Waals surface area contributed by atoms with Gasteiger partial charge in [-0.15, -0.1) is 0 Å². The summed E-state index contributed by atoms with van der Waals surface area (Å²) in [6.07, 6.45) is 24.9. The number of aromatic nitrogens is 10. The van der Waals surface area contributed by atoms with Gasteiger partial charge < -0.3 is 25.6 Å². The van der Waals surface area contributed by atoms with Crippen molar-refractivity contribution < 1.29 is 69.8 Å². The number of anilines is 6. The third-order valence-electron chi connectivity index (χ3n) is 15.3. The second kappa shape index (κ2) is 42.0. The van der Waals surface area contributed by atoms with Gasteiger partial charge in [0.25, 0.3) is 6.20 Å². The Hall–Kier alpha value is -10.6. The van der Waals surface area contributed by atoms with Gasteiger partial charge in [-0.2, -0.15) is 15.3 Å². The number of unbranched alkanes of at least 4 members (excludes halogenated alkanes) is 6. The summed E-state index contributed by atoms with van der Waals surface area (Å²) in [5.41, 5.74) is 14.4. The van der Waals surface area contributed by atoms with Crippen molar-refractivity contribution in [1.29, 1.82) is 0 Å². The van der Waals surface area contributed by atoms with Crippen LogP contribution in [0.4, 0.5) is 52.5 Å². The molecule has 103 heavy (non-hydrogen) atoms. The van der Waals surface area contributed by atoms with Crippen molar-refractivity contribution in [2.45, 2.75) is 71.1 Å². The number of nitrogens with one attached hydrogen (secondary N) is 2. The minimum Gasteiger partial charge on any atom is -0.466 e. The van der Waals surface area contributed by atoms with Gasteiger partial charge in [0.2, 0.25) is 5.91 Å². The van der Waals surface area contributed by atoms with Crippen LogP contribution in [-0.2, 0) is 68.2 Å². The Morgan fingerprint density at radius 1 is 0.495 bits per heavy atom. The van der Waals surface area contributed by atoms with E-state index in [1.54, 1.807) is 117 Å². The van der Waals surface area contributed by atoms with Crippen LogP contribution in [0, 0.1) is 29.3 Å². The molecule has 27 heteroatoms. The molecule has 0 bridgehead atoms. The Kier molecular flexibility index (Phi) is 32.5. The van der Waals surface area contributed by atoms with Crippen LogP contribution < -0.4 is 26.3 Å². The Labute approximate surface area is 627 Å². The summed E-state index contributed by atoms with van der Waals surface area (Å²) in [5, 5.41) is 30.8. The fraction of sp³-hybridized carbons (Fsp3) is 0.237. The van der Waals surface area contributed by atoms with E-state index >= 15 is 0 Å². The number of halogens is 5. The van der Waals surface area contributed by atoms with Crippen LogP contribution in [0.5, 0.6) is 0 Å². The van der Waals surface area contributed by atoms with Crippen LogP contribution in [0.3, 0.4) is 0 Å². The first-order valence-electron chi connectivity index (χ1n) is 33.0. The summed E-state index contributed by atoms with van der Waals surface area (Å²) in [5.74, 6) is 3.61. The van der Waals surface area contributed by atoms with Crippen molar-refractivity contribution in [1.82, 2.24) is 59.8 Å². The maximum absolute atomic E-state index is 13.3. The zero-order chi connectivity index (χ0) is 72.6. The van der Waals surface area contributed by atoms with Crippen LogP contribution in [-0.4, -0.2) is 104 Å². The first-order chi connectivity index (χ1) is 49.4. The average molecular weight is 1500 g/mol. The molecule has 0 saturated carbocycles. The van der Waals surface area contributed by atoms with E-state index in [9.17, 15) is 27.2 Å². The fourth-order valence-corrected chi connectivity index (χ4v) is 10.4. The Morgan fingerprint density at radius 2 is 0.903 bits per heavy atom. The molecule has 8 heterocycles. The number of amidine groups is 1. The first kappa shape index (κ1) is 79.8. The van der Waals surface area contributed by atoms with Crippen molar-refractivity contribution in [3.63, 3.8) is 0 Å². The number of pyridine rings is 4. The van der Waals surface area contributed by atoms with Crippen LogP contribution >= 0.6 is 11.6 Å². The molecule has 12 rings (SSSR count). The first-order valence-corrected chi connectivity index (χ1v) is 33.4. The van der Waals surface area contributed by atoms with E-state index in [1.165, 1.54) is 48.5 Å². The minimum atomic E-state index is -0.355. The van der Waals surface area contributed by atoms with Gasteiger partial charge in [0.15, 0.2) is 17.5 Å². The quantitative estimate of drug-likeness (QED) is 0.00791. The van der Waals surface area contributed by atoms with Crippen molar-refractivity contribution in [3.05, 3.63) is 248 Å². The maximum atomic E-state index is 13.3. The van der Waals surface area contributed by atoms with Crippen LogP contribution in [0.25, 0.3) is 44.5 Å². The minimum absolute atomic E-state index is 0. The molecule has 7 aromatic heterocycles. The number of esters is 1. The molecule has 0 aliphatic carbocycles. The SMILES string of the molecule is CCOC(=O)CCCCCCN(c1cc(-c2ccc(F)cc2)ccn1)c1ccn(C)n1.CN1C=[C+]C(N)=N1.Cn1ccc(N(CCCCCCC(=O)NO)c2cc(-c3ccc(F)cc3)ccn2)n1.Cn1ccc(Nc2cc(-c3ccc(F)cc3)ccn2)n1.Fc1ccc(-c2ccnc(Cl)c2)cc1.[Y]. The zero-order valence-electron chi connectivity index (χ0n) is 57.9. The van der Waals surface area contributed by atoms with Gasteiger partial charge in [0.1, 0.15) is 45.9 Å². The molecule has 1 aliphatic rings. The number of amides is 1. The summed E-state index contributed by atoms with van der Waals surface area (Å²) in [4.78, 5) is 43.9. The van der Waals surface area contributed by atoms with Crippen molar-refractivity contribution in [2.75, 3.05) is 41.9 Å². The normalized spacial score (nSPS) is 10.9. The number of hydroxylamine groups is 1. The molecule has 0 atom stereocenters. The molecular weight excluding hydrogens is 1420 g/mol. The van der Waals surface area contributed by atoms with Crippen LogP contribution in [0.1, 0.15) is 71.1 Å². The van der Waals surface area contributed by atoms with Crippen molar-refractivity contribution in [3.8, 4) is 44.5 Å². The number of carbonyl (C=O) groups is 2. The molecule has 21 nitrogen and oxygen atoms in total. The number of hydrazone groups is 1. The smallest absolute Gasteiger partial charge is 0.398 e. The van der Waals surface area contributed by atoms with E-state index in [-0.39, 0.29) is 67.9 Å². The molecule has 1 radical (unpaired) electrons. The largest absolute Gasteiger partial charge is 0.466 e. The standard InChI is InChI=1S/C24H29FN4O2.C22H26FN5O2.C15H13FN4.C11H7ClFN.C4H6N3.Y/c1-3-31-24(30)8-6-4-5-7-16-29(22-14-17-28(2)27-22)23-18-20(13-15-26-23)19-9-11-21(25)12-10-19;1-27-15-12-20(25-27)28(14-5-3-2-4-6-22(29)26-30)21-16-18(11-13-24-21)17-7-9-19(23)10-8-17;1-20-9-7-14(19-20)18-15-10-12(6-8-17-15)11-2-4-13(16)5-3-11;12-11-7-9(5-6-14-11)8-1-3-10(13)4-2-8;1-7-3-2-4(5)6-7;/h9-15,17-18H,3-8,16H2,1-2H3;7-13,15-16,30H,2-6,14H2,1H3,(H,26,29);2-10H,1H3,(H,17,18,19);1-7H;3H,1H3,(H2,5,6);/q;;;;+1;. The number of nitrogens with two attached hydrogens (primary N) is 1. The molecule has 0 unspecified atom stereocenters. The monoisotopic (exact) mass is 1500 g/mol. The number of hydrogen-bond donors (Lipinski definition) is 4. The molecule has 5 N–H and O–H groups in total. The van der Waals surface area contributed by atoms with Gasteiger partial charge >= 0.3 is 17.9 Å². The number of rotatable bonds is 25. The number of hydrogen-bond acceptors (Lipinski definition) is 17. The van der Waals surface area contributed by atoms with Crippen molar-refractivity contribution >= 4 is 64.2 Å². The summed E-state index contributed by atoms with van der Waals surface area (Å²) < 4.78 is 62.3. The molecule has 531 valence electrons. The van der Waals surface area contributed by atoms with E-state index < -0.39 is 0 Å². The molecule has 11 aromatic rings. The van der Waals surface area contributed by atoms with Crippen LogP contribution in [0.15, 0.2) is 218 Å². The van der Waals surface area contributed by atoms with E-state index in [0.717, 1.165) is 138 Å². The number of ether oxygens (including phenoxy) is 1. The molecule has 0 fully saturated rings. The van der Waals surface area contributed by atoms with Gasteiger partial charge in [-0.3, -0.25) is 28.8 Å². The van der Waals surface area contributed by atoms with Crippen molar-refractivity contribution in [2.24, 2.45) is 32.0 Å². The zero-order valence-corrected chi connectivity index (χ0v) is 61.5. The third-order valence-corrected chi connectivity index (χ3v) is 15.5. The maximum Gasteiger partial charge on any atom is 0.398 e. The number of aryl methyl sites for hydroxylation is 3. The van der Waals surface area contributed by atoms with Gasteiger partial charge in [-0.05, 0) is 174 Å². The summed E-state index contributed by atoms with van der Waals surface area (Å²) >= 11 is 5.74. The van der Waals surface area contributed by atoms with Gasteiger partial charge in [0.05, 0.1) is 6.61 Å². The van der Waals surface area contributed by atoms with E-state index in [1.807, 2.05) is 107 Å². The predicted molar refractivity (Wildman–Crippen MR) is 390 cm³/mol. The van der Waals surface area contributed by atoms with Crippen LogP contribution in [0.2, 0.25) is 5.15 Å². The molecular formula is C76H81ClF4N17O4Y+. The predicted octanol–water partition coefficient (Wildman–Crippen LogP) is 15.9. The topological polar surface area (TPSA) is 241 Å². The number of carbonyl (C=O) groups excluding carboxylic acids is 2. The average Bonchev–Trinajstić information content (AvgIpc) is 1.78. The molecule has 1 amide bonds. The summed E-state index contributed by atoms with van der Waals surface area (Å²) in [6.45, 7) is 3.74. The number of nitrogens with zero attached hydrogens (tertiary/aromatic N) is 14. The molecule has 0 saturated heterocycles. The van der Waals surface area contributed by atoms with E-state index in [4.69, 9.17) is 27.3 Å². The summed E-state index contributed by atoms with van der Waals surface area (Å²) in [6, 6.07) is 46.4. The summed E-state index contributed by atoms with van der Waals surface area (Å²) in [7, 11) is 7.41. The Morgan fingerprint density at radius 3 is 1.28 bits per heavy atom. The van der Waals surface area contributed by atoms with Gasteiger partial charge in [-0.25, -0.2) is 48.0 Å². The fourth-order valence-electron chi connectivity index (χ4n) is 10.2. The van der Waals surface area contributed by atoms with Gasteiger partial charge in [-0.1, -0.05) is 90.9 Å². The number of benzene rings is 4. The van der Waals surface area contributed by atoms with Gasteiger partial charge in [0, 0.05) is 148 Å². The van der Waals surface area contributed by atoms with E-state index in [2.05, 4.69) is 61.5 Å². The molecule has 4 aromatic carbocycles. The third kappa shape index (κ3) is 27.1. The second-order valence-electron chi connectivity index (χ2n) is 23.1. The Balaban J connectivity index is 0.000000191. The second-order valence-corrected chi connectivity index (χ2v) is 23.5. The molecule has 0 spiro atoms. The van der Waals surface area contributed by atoms with E-state index in [0.29, 0.717) is 36.3 Å².